The second kappa shape index (κ2) is 7.15. The predicted molar refractivity (Wildman–Crippen MR) is 90.2 cm³/mol. The molecular weight excluding hydrogens is 310 g/mol. The first-order valence-electron chi connectivity index (χ1n) is 7.26. The standard InChI is InChI=1S/C18H17NO3S/c1-21-16-6-3-2-5-14(16)18(20)19-11-15(13-8-10-23-12-13)17-7-4-9-22-17/h2-10,12,15H,11H2,1H3,(H,19,20). The van der Waals surface area contributed by atoms with Gasteiger partial charge in [-0.3, -0.25) is 4.79 Å². The van der Waals surface area contributed by atoms with E-state index in [0.29, 0.717) is 17.9 Å². The molecule has 1 atom stereocenters. The van der Waals surface area contributed by atoms with Gasteiger partial charge in [-0.05, 0) is 46.7 Å². The van der Waals surface area contributed by atoms with E-state index in [2.05, 4.69) is 10.7 Å². The number of thiophene rings is 1. The van der Waals surface area contributed by atoms with Crippen molar-refractivity contribution in [2.24, 2.45) is 0 Å². The Labute approximate surface area is 138 Å². The van der Waals surface area contributed by atoms with Crippen LogP contribution in [0.15, 0.2) is 63.9 Å². The summed E-state index contributed by atoms with van der Waals surface area (Å²) in [5.74, 6) is 1.24. The summed E-state index contributed by atoms with van der Waals surface area (Å²) in [7, 11) is 1.56. The predicted octanol–water partition coefficient (Wildman–Crippen LogP) is 3.91. The molecule has 5 heteroatoms. The van der Waals surface area contributed by atoms with Gasteiger partial charge < -0.3 is 14.5 Å². The van der Waals surface area contributed by atoms with Crippen LogP contribution in [-0.2, 0) is 0 Å². The van der Waals surface area contributed by atoms with Gasteiger partial charge in [0.05, 0.1) is 24.9 Å². The number of rotatable bonds is 6. The summed E-state index contributed by atoms with van der Waals surface area (Å²) in [5, 5.41) is 7.07. The molecule has 1 N–H and O–H groups in total. The number of hydrogen-bond donors (Lipinski definition) is 1. The number of ether oxygens (including phenoxy) is 1. The molecule has 2 aromatic heterocycles. The zero-order valence-corrected chi connectivity index (χ0v) is 13.5. The third-order valence-corrected chi connectivity index (χ3v) is 4.35. The zero-order valence-electron chi connectivity index (χ0n) is 12.7. The molecule has 118 valence electrons. The van der Waals surface area contributed by atoms with Crippen LogP contribution in [-0.4, -0.2) is 19.6 Å². The first-order chi connectivity index (χ1) is 11.3. The van der Waals surface area contributed by atoms with Crippen LogP contribution >= 0.6 is 11.3 Å². The second-order valence-corrected chi connectivity index (χ2v) is 5.82. The van der Waals surface area contributed by atoms with E-state index in [9.17, 15) is 4.79 Å². The largest absolute Gasteiger partial charge is 0.496 e. The summed E-state index contributed by atoms with van der Waals surface area (Å²) in [4.78, 5) is 12.4. The first kappa shape index (κ1) is 15.4. The number of carbonyl (C=O) groups excluding carboxylic acids is 1. The number of furan rings is 1. The van der Waals surface area contributed by atoms with Crippen molar-refractivity contribution in [3.8, 4) is 5.75 Å². The minimum Gasteiger partial charge on any atom is -0.496 e. The lowest BCUT2D eigenvalue weighted by molar-refractivity contribution is 0.0949. The van der Waals surface area contributed by atoms with E-state index >= 15 is 0 Å². The van der Waals surface area contributed by atoms with Crippen molar-refractivity contribution in [1.82, 2.24) is 5.32 Å². The van der Waals surface area contributed by atoms with E-state index in [4.69, 9.17) is 9.15 Å². The molecule has 0 aliphatic carbocycles. The van der Waals surface area contributed by atoms with Crippen LogP contribution in [0.2, 0.25) is 0 Å². The van der Waals surface area contributed by atoms with Gasteiger partial charge in [0.2, 0.25) is 0 Å². The Kier molecular flexibility index (Phi) is 4.78. The van der Waals surface area contributed by atoms with Gasteiger partial charge in [0, 0.05) is 6.54 Å². The van der Waals surface area contributed by atoms with E-state index in [1.165, 1.54) is 0 Å². The van der Waals surface area contributed by atoms with Gasteiger partial charge in [0.1, 0.15) is 11.5 Å². The normalized spacial score (nSPS) is 11.9. The third kappa shape index (κ3) is 3.46. The molecule has 0 bridgehead atoms. The number of nitrogens with one attached hydrogen (secondary N) is 1. The monoisotopic (exact) mass is 327 g/mol. The lowest BCUT2D eigenvalue weighted by Gasteiger charge is -2.15. The molecule has 0 aliphatic rings. The summed E-state index contributed by atoms with van der Waals surface area (Å²) in [6.45, 7) is 0.459. The van der Waals surface area contributed by atoms with Crippen LogP contribution in [0.1, 0.15) is 27.6 Å². The van der Waals surface area contributed by atoms with E-state index < -0.39 is 0 Å². The Bertz CT molecular complexity index is 716. The first-order valence-corrected chi connectivity index (χ1v) is 8.20. The van der Waals surface area contributed by atoms with Crippen molar-refractivity contribution in [2.45, 2.75) is 5.92 Å². The van der Waals surface area contributed by atoms with Crippen molar-refractivity contribution < 1.29 is 13.9 Å². The number of carbonyl (C=O) groups is 1. The molecule has 2 heterocycles. The van der Waals surface area contributed by atoms with Gasteiger partial charge in [-0.1, -0.05) is 12.1 Å². The lowest BCUT2D eigenvalue weighted by atomic mass is 9.99. The van der Waals surface area contributed by atoms with Crippen molar-refractivity contribution >= 4 is 17.2 Å². The molecule has 1 aromatic carbocycles. The van der Waals surface area contributed by atoms with Crippen molar-refractivity contribution in [3.05, 3.63) is 76.4 Å². The number of hydrogen-bond acceptors (Lipinski definition) is 4. The summed E-state index contributed by atoms with van der Waals surface area (Å²) >= 11 is 1.63. The fourth-order valence-electron chi connectivity index (χ4n) is 2.47. The minimum atomic E-state index is -0.158. The Morgan fingerprint density at radius 3 is 2.83 bits per heavy atom. The molecule has 3 rings (SSSR count). The molecule has 0 radical (unpaired) electrons. The molecule has 1 amide bonds. The van der Waals surface area contributed by atoms with Gasteiger partial charge in [-0.2, -0.15) is 11.3 Å². The highest BCUT2D eigenvalue weighted by Gasteiger charge is 2.19. The quantitative estimate of drug-likeness (QED) is 0.747. The summed E-state index contributed by atoms with van der Waals surface area (Å²) in [6.07, 6.45) is 1.65. The molecule has 23 heavy (non-hydrogen) atoms. The summed E-state index contributed by atoms with van der Waals surface area (Å²) in [5.41, 5.74) is 1.66. The second-order valence-electron chi connectivity index (χ2n) is 5.03. The Morgan fingerprint density at radius 2 is 2.13 bits per heavy atom. The molecular formula is C18H17NO3S. The molecule has 0 fully saturated rings. The number of benzene rings is 1. The van der Waals surface area contributed by atoms with E-state index in [1.807, 2.05) is 35.7 Å². The summed E-state index contributed by atoms with van der Waals surface area (Å²) < 4.78 is 10.8. The van der Waals surface area contributed by atoms with E-state index in [-0.39, 0.29) is 11.8 Å². The van der Waals surface area contributed by atoms with Crippen LogP contribution in [0.25, 0.3) is 0 Å². The van der Waals surface area contributed by atoms with Gasteiger partial charge in [-0.25, -0.2) is 0 Å². The van der Waals surface area contributed by atoms with Gasteiger partial charge in [0.25, 0.3) is 5.91 Å². The minimum absolute atomic E-state index is 0.00472. The molecule has 0 saturated carbocycles. The Morgan fingerprint density at radius 1 is 1.26 bits per heavy atom. The van der Waals surface area contributed by atoms with Crippen molar-refractivity contribution in [2.75, 3.05) is 13.7 Å². The Hall–Kier alpha value is -2.53. The van der Waals surface area contributed by atoms with Crippen LogP contribution in [0.3, 0.4) is 0 Å². The molecule has 0 aliphatic heterocycles. The SMILES string of the molecule is COc1ccccc1C(=O)NCC(c1ccsc1)c1ccco1. The fourth-order valence-corrected chi connectivity index (χ4v) is 3.18. The molecule has 1 unspecified atom stereocenters. The highest BCUT2D eigenvalue weighted by atomic mass is 32.1. The van der Waals surface area contributed by atoms with Gasteiger partial charge >= 0.3 is 0 Å². The third-order valence-electron chi connectivity index (χ3n) is 3.65. The van der Waals surface area contributed by atoms with Crippen molar-refractivity contribution in [1.29, 1.82) is 0 Å². The highest BCUT2D eigenvalue weighted by Crippen LogP contribution is 2.26. The van der Waals surface area contributed by atoms with Crippen LogP contribution < -0.4 is 10.1 Å². The summed E-state index contributed by atoms with van der Waals surface area (Å²) in [6, 6.07) is 13.0. The maximum atomic E-state index is 12.4. The van der Waals surface area contributed by atoms with Gasteiger partial charge in [0.15, 0.2) is 0 Å². The smallest absolute Gasteiger partial charge is 0.255 e. The highest BCUT2D eigenvalue weighted by molar-refractivity contribution is 7.08. The molecule has 4 nitrogen and oxygen atoms in total. The van der Waals surface area contributed by atoms with Crippen LogP contribution in [0.4, 0.5) is 0 Å². The van der Waals surface area contributed by atoms with E-state index in [0.717, 1.165) is 11.3 Å². The fraction of sp³-hybridized carbons (Fsp3) is 0.167. The maximum Gasteiger partial charge on any atom is 0.255 e. The van der Waals surface area contributed by atoms with Crippen LogP contribution in [0.5, 0.6) is 5.75 Å². The van der Waals surface area contributed by atoms with Crippen molar-refractivity contribution in [3.63, 3.8) is 0 Å². The molecule has 0 saturated heterocycles. The molecule has 0 spiro atoms. The maximum absolute atomic E-state index is 12.4. The Balaban J connectivity index is 1.76. The lowest BCUT2D eigenvalue weighted by Crippen LogP contribution is -2.29. The average molecular weight is 327 g/mol. The topological polar surface area (TPSA) is 51.5 Å². The van der Waals surface area contributed by atoms with Crippen LogP contribution in [0, 0.1) is 0 Å². The zero-order chi connectivity index (χ0) is 16.1. The van der Waals surface area contributed by atoms with E-state index in [1.54, 1.807) is 36.8 Å². The molecule has 3 aromatic rings. The van der Waals surface area contributed by atoms with Gasteiger partial charge in [-0.15, -0.1) is 0 Å². The number of para-hydroxylation sites is 1. The number of amides is 1. The average Bonchev–Trinajstić information content (AvgIpc) is 3.29. The number of methoxy groups -OCH3 is 1.